The third-order valence-electron chi connectivity index (χ3n) is 0.348. The molecule has 0 rings (SSSR count). The van der Waals surface area contributed by atoms with Gasteiger partial charge >= 0.3 is 0 Å². The number of rotatable bonds is 2. The van der Waals surface area contributed by atoms with Crippen molar-refractivity contribution in [2.24, 2.45) is 5.73 Å². The van der Waals surface area contributed by atoms with E-state index in [1.165, 1.54) is 0 Å². The lowest BCUT2D eigenvalue weighted by atomic mass is 10.5. The zero-order valence-electron chi connectivity index (χ0n) is 3.31. The Labute approximate surface area is 48.3 Å². The summed E-state index contributed by atoms with van der Waals surface area (Å²) in [5.74, 6) is 0.648. The Morgan fingerprint density at radius 2 is 2.17 bits per heavy atom. The molecule has 1 nitrogen and oxygen atoms in total. The van der Waals surface area contributed by atoms with Crippen molar-refractivity contribution in [1.29, 1.82) is 0 Å². The van der Waals surface area contributed by atoms with Gasteiger partial charge in [0.25, 0.3) is 0 Å². The monoisotopic (exact) mass is 120 g/mol. The summed E-state index contributed by atoms with van der Waals surface area (Å²) in [4.78, 5) is 0.519. The van der Waals surface area contributed by atoms with Crippen LogP contribution in [0.5, 0.6) is 0 Å². The maximum Gasteiger partial charge on any atom is 0.0735 e. The normalized spacial score (nSPS) is 8.17. The van der Waals surface area contributed by atoms with Crippen molar-refractivity contribution < 1.29 is 0 Å². The summed E-state index contributed by atoms with van der Waals surface area (Å²) in [6.45, 7) is 0. The Balaban J connectivity index is 2.83. The first-order chi connectivity index (χ1) is 2.77. The summed E-state index contributed by atoms with van der Waals surface area (Å²) >= 11 is 9.07. The summed E-state index contributed by atoms with van der Waals surface area (Å²) in [7, 11) is 0. The molecular formula is C3H6NS2. The summed E-state index contributed by atoms with van der Waals surface area (Å²) in [6, 6.07) is 0. The lowest BCUT2D eigenvalue weighted by Gasteiger charge is -1.84. The van der Waals surface area contributed by atoms with E-state index in [1.807, 2.05) is 0 Å². The van der Waals surface area contributed by atoms with Gasteiger partial charge in [-0.05, 0) is 0 Å². The molecule has 0 aromatic carbocycles. The van der Waals surface area contributed by atoms with Crippen LogP contribution in [-0.4, -0.2) is 10.7 Å². The molecule has 0 atom stereocenters. The topological polar surface area (TPSA) is 26.0 Å². The molecule has 0 spiro atoms. The lowest BCUT2D eigenvalue weighted by Crippen LogP contribution is -2.07. The van der Waals surface area contributed by atoms with Gasteiger partial charge in [-0.2, -0.15) is 0 Å². The fourth-order valence-corrected chi connectivity index (χ4v) is 0.552. The molecule has 35 valence electrons. The van der Waals surface area contributed by atoms with Gasteiger partial charge in [0.1, 0.15) is 0 Å². The van der Waals surface area contributed by atoms with Crippen LogP contribution in [0.2, 0.25) is 0 Å². The van der Waals surface area contributed by atoms with Gasteiger partial charge in [-0.15, -0.1) is 0 Å². The van der Waals surface area contributed by atoms with Crippen LogP contribution in [0.25, 0.3) is 0 Å². The van der Waals surface area contributed by atoms with Gasteiger partial charge in [0, 0.05) is 12.2 Å². The van der Waals surface area contributed by atoms with Gasteiger partial charge < -0.3 is 5.73 Å². The van der Waals surface area contributed by atoms with Gasteiger partial charge in [0.2, 0.25) is 0 Å². The number of thiocarbonyl (C=S) groups is 1. The zero-order chi connectivity index (χ0) is 4.99. The van der Waals surface area contributed by atoms with Gasteiger partial charge in [-0.3, -0.25) is 0 Å². The van der Waals surface area contributed by atoms with E-state index in [0.29, 0.717) is 17.2 Å². The van der Waals surface area contributed by atoms with Crippen molar-refractivity contribution in [3.63, 3.8) is 0 Å². The highest BCUT2D eigenvalue weighted by molar-refractivity contribution is 7.81. The Kier molecular flexibility index (Phi) is 3.57. The highest BCUT2D eigenvalue weighted by Crippen LogP contribution is 1.80. The first-order valence-electron chi connectivity index (χ1n) is 1.64. The molecular weight excluding hydrogens is 114 g/mol. The minimum atomic E-state index is 0.519. The summed E-state index contributed by atoms with van der Waals surface area (Å²) < 4.78 is 0. The van der Waals surface area contributed by atoms with Crippen molar-refractivity contribution >= 4 is 29.8 Å². The number of nitrogens with two attached hydrogens (primary N) is 1. The maximum atomic E-state index is 5.07. The van der Waals surface area contributed by atoms with E-state index >= 15 is 0 Å². The van der Waals surface area contributed by atoms with Crippen LogP contribution >= 0.6 is 24.8 Å². The molecule has 3 heteroatoms. The third kappa shape index (κ3) is 4.24. The molecule has 0 saturated carbocycles. The summed E-state index contributed by atoms with van der Waals surface area (Å²) in [5.41, 5.74) is 5.07. The van der Waals surface area contributed by atoms with Gasteiger partial charge in [-0.25, -0.2) is 0 Å². The molecule has 0 bridgehead atoms. The first kappa shape index (κ1) is 6.24. The second-order valence-electron chi connectivity index (χ2n) is 0.920. The van der Waals surface area contributed by atoms with E-state index in [9.17, 15) is 0 Å². The van der Waals surface area contributed by atoms with Crippen LogP contribution in [0.3, 0.4) is 0 Å². The second kappa shape index (κ2) is 3.43. The van der Waals surface area contributed by atoms with Crippen molar-refractivity contribution in [3.05, 3.63) is 0 Å². The molecule has 0 aromatic rings. The predicted octanol–water partition coefficient (Wildman–Crippen LogP) is 0.860. The van der Waals surface area contributed by atoms with Gasteiger partial charge in [0.05, 0.1) is 4.99 Å². The van der Waals surface area contributed by atoms with Crippen molar-refractivity contribution in [2.45, 2.75) is 6.42 Å². The van der Waals surface area contributed by atoms with Crippen LogP contribution in [0.15, 0.2) is 0 Å². The Morgan fingerprint density at radius 3 is 2.17 bits per heavy atom. The van der Waals surface area contributed by atoms with E-state index in [2.05, 4.69) is 24.8 Å². The number of hydrogen-bond acceptors (Lipinski definition) is 1. The Hall–Kier alpha value is 0.240. The molecule has 6 heavy (non-hydrogen) atoms. The molecule has 0 fully saturated rings. The summed E-state index contributed by atoms with van der Waals surface area (Å²) in [6.07, 6.45) is 0.699. The molecule has 0 saturated heterocycles. The fraction of sp³-hybridized carbons (Fsp3) is 0.667. The largest absolute Gasteiger partial charge is 0.393 e. The van der Waals surface area contributed by atoms with Crippen LogP contribution in [0.1, 0.15) is 6.42 Å². The van der Waals surface area contributed by atoms with Crippen LogP contribution < -0.4 is 5.73 Å². The average Bonchev–Trinajstić information content (AvgIpc) is 1.35. The van der Waals surface area contributed by atoms with E-state index in [4.69, 9.17) is 5.73 Å². The van der Waals surface area contributed by atoms with E-state index in [-0.39, 0.29) is 0 Å². The minimum Gasteiger partial charge on any atom is -0.393 e. The van der Waals surface area contributed by atoms with E-state index < -0.39 is 0 Å². The predicted molar refractivity (Wildman–Crippen MR) is 33.9 cm³/mol. The standard InChI is InChI=1S/C3H6NS2/c4-3(6)1-2-5/h1-2H2,(H2,4,6). The average molecular weight is 120 g/mol. The Morgan fingerprint density at radius 1 is 1.67 bits per heavy atom. The van der Waals surface area contributed by atoms with Crippen molar-refractivity contribution in [1.82, 2.24) is 0 Å². The highest BCUT2D eigenvalue weighted by atomic mass is 32.1. The van der Waals surface area contributed by atoms with Crippen LogP contribution in [0.4, 0.5) is 0 Å². The molecule has 0 aromatic heterocycles. The van der Waals surface area contributed by atoms with Crippen molar-refractivity contribution in [3.8, 4) is 0 Å². The molecule has 0 aliphatic heterocycles. The fourth-order valence-electron chi connectivity index (χ4n) is 0.101. The first-order valence-corrected chi connectivity index (χ1v) is 2.62. The van der Waals surface area contributed by atoms with Crippen molar-refractivity contribution in [2.75, 3.05) is 5.75 Å². The SMILES string of the molecule is NC(=S)CC[S]. The smallest absolute Gasteiger partial charge is 0.0735 e. The maximum absolute atomic E-state index is 5.07. The summed E-state index contributed by atoms with van der Waals surface area (Å²) in [5, 5.41) is 0. The molecule has 1 radical (unpaired) electrons. The zero-order valence-corrected chi connectivity index (χ0v) is 4.94. The second-order valence-corrected chi connectivity index (χ2v) is 1.85. The van der Waals surface area contributed by atoms with Crippen LogP contribution in [0, 0.1) is 0 Å². The van der Waals surface area contributed by atoms with Gasteiger partial charge in [-0.1, -0.05) is 24.8 Å². The minimum absolute atomic E-state index is 0.519. The molecule has 2 N–H and O–H groups in total. The van der Waals surface area contributed by atoms with Gasteiger partial charge in [0.15, 0.2) is 0 Å². The van der Waals surface area contributed by atoms with E-state index in [1.54, 1.807) is 0 Å². The molecule has 0 aliphatic carbocycles. The van der Waals surface area contributed by atoms with E-state index in [0.717, 1.165) is 0 Å². The highest BCUT2D eigenvalue weighted by Gasteiger charge is 1.80. The molecule has 0 unspecified atom stereocenters. The molecule has 0 aliphatic rings. The third-order valence-corrected chi connectivity index (χ3v) is 0.757. The molecule has 0 amide bonds. The molecule has 0 heterocycles. The number of hydrogen-bond donors (Lipinski definition) is 1. The Bertz CT molecular complexity index is 52.8. The lowest BCUT2D eigenvalue weighted by molar-refractivity contribution is 1.32. The van der Waals surface area contributed by atoms with Crippen LogP contribution in [-0.2, 0) is 0 Å². The quantitative estimate of drug-likeness (QED) is 0.547.